The molecule has 1 fully saturated rings. The average molecular weight is 296 g/mol. The second-order valence-corrected chi connectivity index (χ2v) is 6.07. The number of phenols is 1. The zero-order valence-electron chi connectivity index (χ0n) is 13.0. The van der Waals surface area contributed by atoms with Gasteiger partial charge >= 0.3 is 0 Å². The van der Waals surface area contributed by atoms with Crippen LogP contribution in [0.25, 0.3) is 0 Å². The molecule has 2 aromatic rings. The number of hydrogen-bond acceptors (Lipinski definition) is 3. The molecule has 1 saturated heterocycles. The van der Waals surface area contributed by atoms with Gasteiger partial charge in [-0.25, -0.2) is 0 Å². The third-order valence-electron chi connectivity index (χ3n) is 4.22. The molecule has 22 heavy (non-hydrogen) atoms. The van der Waals surface area contributed by atoms with E-state index >= 15 is 0 Å². The Morgan fingerprint density at radius 1 is 0.773 bits per heavy atom. The summed E-state index contributed by atoms with van der Waals surface area (Å²) in [6.07, 6.45) is 2.69. The van der Waals surface area contributed by atoms with Gasteiger partial charge in [-0.3, -0.25) is 4.90 Å². The number of likely N-dealkylation sites (tertiary alicyclic amines) is 1. The molecule has 0 amide bonds. The first-order valence-corrected chi connectivity index (χ1v) is 8.08. The Morgan fingerprint density at radius 2 is 1.27 bits per heavy atom. The predicted octanol–water partition coefficient (Wildman–Crippen LogP) is 3.28. The van der Waals surface area contributed by atoms with Crippen molar-refractivity contribution in [2.24, 2.45) is 0 Å². The molecule has 1 heterocycles. The monoisotopic (exact) mass is 296 g/mol. The molecular formula is C19H24N2O. The fourth-order valence-electron chi connectivity index (χ4n) is 2.93. The van der Waals surface area contributed by atoms with Crippen LogP contribution in [-0.2, 0) is 19.6 Å². The summed E-state index contributed by atoms with van der Waals surface area (Å²) in [5, 5.41) is 12.7. The SMILES string of the molecule is Oc1ccc(CNCc2ccc(CN3CCCC3)cc2)cc1. The van der Waals surface area contributed by atoms with E-state index in [2.05, 4.69) is 34.5 Å². The minimum atomic E-state index is 0.317. The molecule has 1 aliphatic heterocycles. The van der Waals surface area contributed by atoms with Crippen molar-refractivity contribution in [1.29, 1.82) is 0 Å². The van der Waals surface area contributed by atoms with E-state index in [9.17, 15) is 5.11 Å². The molecule has 2 N–H and O–H groups in total. The summed E-state index contributed by atoms with van der Waals surface area (Å²) in [4.78, 5) is 2.53. The minimum Gasteiger partial charge on any atom is -0.508 e. The third-order valence-corrected chi connectivity index (χ3v) is 4.22. The summed E-state index contributed by atoms with van der Waals surface area (Å²) in [6, 6.07) is 16.3. The summed E-state index contributed by atoms with van der Waals surface area (Å²) < 4.78 is 0. The van der Waals surface area contributed by atoms with Crippen LogP contribution in [-0.4, -0.2) is 23.1 Å². The molecule has 0 aliphatic carbocycles. The van der Waals surface area contributed by atoms with Crippen molar-refractivity contribution in [3.05, 3.63) is 65.2 Å². The largest absolute Gasteiger partial charge is 0.508 e. The Hall–Kier alpha value is -1.84. The summed E-state index contributed by atoms with van der Waals surface area (Å²) >= 11 is 0. The van der Waals surface area contributed by atoms with Gasteiger partial charge < -0.3 is 10.4 Å². The first-order valence-electron chi connectivity index (χ1n) is 8.08. The molecule has 0 spiro atoms. The average Bonchev–Trinajstić information content (AvgIpc) is 3.04. The van der Waals surface area contributed by atoms with Gasteiger partial charge in [-0.1, -0.05) is 36.4 Å². The zero-order chi connectivity index (χ0) is 15.2. The number of nitrogens with zero attached hydrogens (tertiary/aromatic N) is 1. The third kappa shape index (κ3) is 4.33. The van der Waals surface area contributed by atoms with Gasteiger partial charge in [0.2, 0.25) is 0 Å². The Kier molecular flexibility index (Phi) is 5.09. The molecule has 116 valence electrons. The minimum absolute atomic E-state index is 0.317. The van der Waals surface area contributed by atoms with Crippen molar-refractivity contribution in [1.82, 2.24) is 10.2 Å². The van der Waals surface area contributed by atoms with Crippen molar-refractivity contribution in [3.63, 3.8) is 0 Å². The molecule has 0 atom stereocenters. The van der Waals surface area contributed by atoms with Crippen LogP contribution in [0.2, 0.25) is 0 Å². The Bertz CT molecular complexity index is 571. The van der Waals surface area contributed by atoms with E-state index in [-0.39, 0.29) is 0 Å². The molecule has 0 unspecified atom stereocenters. The smallest absolute Gasteiger partial charge is 0.115 e. The number of phenolic OH excluding ortho intramolecular Hbond substituents is 1. The molecule has 0 radical (unpaired) electrons. The van der Waals surface area contributed by atoms with E-state index in [1.165, 1.54) is 42.6 Å². The van der Waals surface area contributed by atoms with Gasteiger partial charge in [0.25, 0.3) is 0 Å². The molecule has 3 heteroatoms. The van der Waals surface area contributed by atoms with Crippen molar-refractivity contribution >= 4 is 0 Å². The van der Waals surface area contributed by atoms with Crippen molar-refractivity contribution < 1.29 is 5.11 Å². The van der Waals surface area contributed by atoms with E-state index < -0.39 is 0 Å². The maximum absolute atomic E-state index is 9.26. The van der Waals surface area contributed by atoms with Gasteiger partial charge in [-0.05, 0) is 54.8 Å². The fourth-order valence-corrected chi connectivity index (χ4v) is 2.93. The highest BCUT2D eigenvalue weighted by molar-refractivity contribution is 5.26. The summed E-state index contributed by atoms with van der Waals surface area (Å²) in [5.41, 5.74) is 3.90. The second kappa shape index (κ2) is 7.43. The van der Waals surface area contributed by atoms with E-state index in [4.69, 9.17) is 0 Å². The van der Waals surface area contributed by atoms with Crippen LogP contribution in [0.5, 0.6) is 5.75 Å². The first kappa shape index (κ1) is 15.1. The summed E-state index contributed by atoms with van der Waals surface area (Å²) in [7, 11) is 0. The number of nitrogens with one attached hydrogen (secondary N) is 1. The summed E-state index contributed by atoms with van der Waals surface area (Å²) in [5.74, 6) is 0.317. The normalized spacial score (nSPS) is 15.3. The highest BCUT2D eigenvalue weighted by Gasteiger charge is 2.11. The maximum atomic E-state index is 9.26. The van der Waals surface area contributed by atoms with Crippen molar-refractivity contribution in [2.75, 3.05) is 13.1 Å². The molecule has 3 nitrogen and oxygen atoms in total. The molecule has 0 bridgehead atoms. The predicted molar refractivity (Wildman–Crippen MR) is 89.6 cm³/mol. The van der Waals surface area contributed by atoms with E-state index in [0.29, 0.717) is 5.75 Å². The summed E-state index contributed by atoms with van der Waals surface area (Å²) in [6.45, 7) is 5.26. The lowest BCUT2D eigenvalue weighted by Gasteiger charge is -2.14. The number of rotatable bonds is 6. The van der Waals surface area contributed by atoms with Crippen LogP contribution in [0.4, 0.5) is 0 Å². The van der Waals surface area contributed by atoms with Gasteiger partial charge in [0, 0.05) is 19.6 Å². The lowest BCUT2D eigenvalue weighted by atomic mass is 10.1. The van der Waals surface area contributed by atoms with Crippen molar-refractivity contribution in [2.45, 2.75) is 32.5 Å². The standard InChI is InChI=1S/C19H24N2O/c22-19-9-7-17(8-10-19)14-20-13-16-3-5-18(6-4-16)15-21-11-1-2-12-21/h3-10,20,22H,1-2,11-15H2. The molecule has 1 aliphatic rings. The van der Waals surface area contributed by atoms with E-state index in [0.717, 1.165) is 19.6 Å². The molecule has 2 aromatic carbocycles. The Labute approximate surface area is 132 Å². The zero-order valence-corrected chi connectivity index (χ0v) is 13.0. The van der Waals surface area contributed by atoms with Gasteiger partial charge in [-0.15, -0.1) is 0 Å². The van der Waals surface area contributed by atoms with Crippen LogP contribution in [0, 0.1) is 0 Å². The van der Waals surface area contributed by atoms with Crippen LogP contribution >= 0.6 is 0 Å². The number of hydrogen-bond donors (Lipinski definition) is 2. The Balaban J connectivity index is 1.45. The number of aromatic hydroxyl groups is 1. The highest BCUT2D eigenvalue weighted by atomic mass is 16.3. The number of benzene rings is 2. The molecular weight excluding hydrogens is 272 g/mol. The van der Waals surface area contributed by atoms with Gasteiger partial charge in [0.05, 0.1) is 0 Å². The van der Waals surface area contributed by atoms with Gasteiger partial charge in [-0.2, -0.15) is 0 Å². The van der Waals surface area contributed by atoms with Crippen LogP contribution in [0.1, 0.15) is 29.5 Å². The highest BCUT2D eigenvalue weighted by Crippen LogP contribution is 2.13. The maximum Gasteiger partial charge on any atom is 0.115 e. The topological polar surface area (TPSA) is 35.5 Å². The van der Waals surface area contributed by atoms with Gasteiger partial charge in [0.15, 0.2) is 0 Å². The van der Waals surface area contributed by atoms with Crippen LogP contribution in [0.15, 0.2) is 48.5 Å². The lowest BCUT2D eigenvalue weighted by molar-refractivity contribution is 0.331. The van der Waals surface area contributed by atoms with E-state index in [1.54, 1.807) is 12.1 Å². The van der Waals surface area contributed by atoms with Gasteiger partial charge in [0.1, 0.15) is 5.75 Å². The molecule has 0 aromatic heterocycles. The van der Waals surface area contributed by atoms with E-state index in [1.807, 2.05) is 12.1 Å². The first-order chi connectivity index (χ1) is 10.8. The lowest BCUT2D eigenvalue weighted by Crippen LogP contribution is -2.18. The fraction of sp³-hybridized carbons (Fsp3) is 0.368. The quantitative estimate of drug-likeness (QED) is 0.859. The second-order valence-electron chi connectivity index (χ2n) is 6.07. The molecule has 3 rings (SSSR count). The van der Waals surface area contributed by atoms with Crippen LogP contribution < -0.4 is 5.32 Å². The van der Waals surface area contributed by atoms with Crippen LogP contribution in [0.3, 0.4) is 0 Å². The molecule has 0 saturated carbocycles. The Morgan fingerprint density at radius 3 is 1.86 bits per heavy atom. The van der Waals surface area contributed by atoms with Crippen molar-refractivity contribution in [3.8, 4) is 5.75 Å².